The Morgan fingerprint density at radius 2 is 1.43 bits per heavy atom. The molecule has 0 fully saturated rings. The molecule has 3 nitrogen and oxygen atoms in total. The van der Waals surface area contributed by atoms with Crippen LogP contribution in [0.15, 0.2) is 24.3 Å². The smallest absolute Gasteiger partial charge is 0.449 e. The first-order chi connectivity index (χ1) is 9.40. The Balaban J connectivity index is 0.00000220. The molecule has 0 unspecified atom stereocenters. The van der Waals surface area contributed by atoms with E-state index in [1.807, 2.05) is 0 Å². The van der Waals surface area contributed by atoms with Crippen molar-refractivity contribution in [1.82, 2.24) is 4.90 Å². The van der Waals surface area contributed by atoms with Crippen molar-refractivity contribution in [2.24, 2.45) is 0 Å². The van der Waals surface area contributed by atoms with Gasteiger partial charge in [0.2, 0.25) is 0 Å². The Labute approximate surface area is 163 Å². The standard InChI is InChI=1S/C13H14BF3NO2.K/c15-14(16,17)8-4-1-5-9-18-12(19)10-6-2-3-7-11(10)13(18)20;/h2-3,6-7H,1,4-5,8-9H2;/q-1;+1. The molecule has 1 aromatic carbocycles. The van der Waals surface area contributed by atoms with Crippen LogP contribution in [0.3, 0.4) is 0 Å². The van der Waals surface area contributed by atoms with Crippen molar-refractivity contribution in [1.29, 1.82) is 0 Å². The summed E-state index contributed by atoms with van der Waals surface area (Å²) in [5.74, 6) is -0.712. The number of nitrogens with zero attached hydrogens (tertiary/aromatic N) is 1. The normalized spacial score (nSPS) is 14.1. The van der Waals surface area contributed by atoms with E-state index in [4.69, 9.17) is 0 Å². The fraction of sp³-hybridized carbons (Fsp3) is 0.385. The van der Waals surface area contributed by atoms with Gasteiger partial charge in [-0.25, -0.2) is 0 Å². The molecule has 0 saturated carbocycles. The fourth-order valence-electron chi connectivity index (χ4n) is 2.26. The number of carbonyl (C=O) groups excluding carboxylic acids is 2. The Hall–Kier alpha value is -0.149. The van der Waals surface area contributed by atoms with Crippen molar-refractivity contribution < 1.29 is 73.9 Å². The Kier molecular flexibility index (Phi) is 7.12. The third kappa shape index (κ3) is 4.92. The minimum absolute atomic E-state index is 0. The first-order valence-electron chi connectivity index (χ1n) is 6.56. The zero-order chi connectivity index (χ0) is 14.8. The number of hydrogen-bond donors (Lipinski definition) is 0. The van der Waals surface area contributed by atoms with Crippen molar-refractivity contribution in [3.05, 3.63) is 35.4 Å². The molecule has 0 spiro atoms. The molecule has 0 atom stereocenters. The minimum Gasteiger partial charge on any atom is -0.449 e. The Morgan fingerprint density at radius 1 is 0.905 bits per heavy atom. The van der Waals surface area contributed by atoms with Crippen molar-refractivity contribution in [2.75, 3.05) is 6.54 Å². The van der Waals surface area contributed by atoms with Gasteiger partial charge >= 0.3 is 58.4 Å². The van der Waals surface area contributed by atoms with Crippen LogP contribution in [0.2, 0.25) is 6.32 Å². The van der Waals surface area contributed by atoms with E-state index >= 15 is 0 Å². The van der Waals surface area contributed by atoms with Gasteiger partial charge in [-0.15, -0.1) is 0 Å². The molecule has 1 aliphatic rings. The van der Waals surface area contributed by atoms with Crippen molar-refractivity contribution in [3.63, 3.8) is 0 Å². The number of amides is 2. The van der Waals surface area contributed by atoms with Crippen LogP contribution in [0.25, 0.3) is 0 Å². The van der Waals surface area contributed by atoms with Gasteiger partial charge in [0.25, 0.3) is 11.8 Å². The third-order valence-electron chi connectivity index (χ3n) is 3.29. The largest absolute Gasteiger partial charge is 1.00 e. The summed E-state index contributed by atoms with van der Waals surface area (Å²) in [6.45, 7) is -4.56. The van der Waals surface area contributed by atoms with Crippen LogP contribution in [-0.4, -0.2) is 30.2 Å². The molecule has 1 aromatic rings. The Bertz CT molecular complexity index is 501. The molecule has 0 N–H and O–H groups in total. The molecular formula is C13H14BF3KNO2. The molecule has 1 aliphatic heterocycles. The summed E-state index contributed by atoms with van der Waals surface area (Å²) in [5.41, 5.74) is 0.743. The van der Waals surface area contributed by atoms with Crippen LogP contribution in [0, 0.1) is 0 Å². The monoisotopic (exact) mass is 323 g/mol. The molecule has 8 heteroatoms. The van der Waals surface area contributed by atoms with E-state index in [2.05, 4.69) is 0 Å². The van der Waals surface area contributed by atoms with Crippen LogP contribution < -0.4 is 51.4 Å². The number of carbonyl (C=O) groups is 2. The Morgan fingerprint density at radius 3 is 1.90 bits per heavy atom. The van der Waals surface area contributed by atoms with Gasteiger partial charge in [-0.3, -0.25) is 14.5 Å². The van der Waals surface area contributed by atoms with E-state index in [1.54, 1.807) is 24.3 Å². The molecule has 108 valence electrons. The molecule has 21 heavy (non-hydrogen) atoms. The summed E-state index contributed by atoms with van der Waals surface area (Å²) in [6, 6.07) is 6.53. The van der Waals surface area contributed by atoms with Gasteiger partial charge in [0.05, 0.1) is 11.1 Å². The maximum atomic E-state index is 12.0. The fourth-order valence-corrected chi connectivity index (χ4v) is 2.26. The zero-order valence-corrected chi connectivity index (χ0v) is 14.9. The van der Waals surface area contributed by atoms with E-state index in [9.17, 15) is 22.5 Å². The van der Waals surface area contributed by atoms with Gasteiger partial charge in [0, 0.05) is 6.54 Å². The van der Waals surface area contributed by atoms with Gasteiger partial charge in [-0.1, -0.05) is 31.3 Å². The summed E-state index contributed by atoms with van der Waals surface area (Å²) >= 11 is 0. The van der Waals surface area contributed by atoms with E-state index in [0.29, 0.717) is 24.0 Å². The molecule has 0 aromatic heterocycles. The zero-order valence-electron chi connectivity index (χ0n) is 11.8. The SMILES string of the molecule is O=C1c2ccccc2C(=O)N1CCCCC[B-](F)(F)F.[K+]. The summed E-state index contributed by atoms with van der Waals surface area (Å²) in [6.07, 6.45) is 0.0427. The average molecular weight is 323 g/mol. The van der Waals surface area contributed by atoms with Crippen LogP contribution in [0.5, 0.6) is 0 Å². The van der Waals surface area contributed by atoms with Crippen LogP contribution in [0.4, 0.5) is 12.9 Å². The van der Waals surface area contributed by atoms with E-state index in [1.165, 1.54) is 0 Å². The van der Waals surface area contributed by atoms with Crippen LogP contribution in [-0.2, 0) is 0 Å². The number of fused-ring (bicyclic) bond motifs is 1. The number of rotatable bonds is 6. The molecule has 1 heterocycles. The maximum Gasteiger partial charge on any atom is 1.00 e. The molecular weight excluding hydrogens is 309 g/mol. The van der Waals surface area contributed by atoms with Crippen molar-refractivity contribution in [2.45, 2.75) is 25.6 Å². The van der Waals surface area contributed by atoms with Crippen molar-refractivity contribution >= 4 is 18.8 Å². The van der Waals surface area contributed by atoms with Crippen LogP contribution in [0.1, 0.15) is 40.0 Å². The second kappa shape index (κ2) is 7.92. The molecule has 2 rings (SSSR count). The maximum absolute atomic E-state index is 12.0. The van der Waals surface area contributed by atoms with Gasteiger partial charge in [-0.2, -0.15) is 0 Å². The second-order valence-corrected chi connectivity index (χ2v) is 4.87. The van der Waals surface area contributed by atoms with Crippen LogP contribution >= 0.6 is 0 Å². The number of imide groups is 1. The number of unbranched alkanes of at least 4 members (excludes halogenated alkanes) is 2. The van der Waals surface area contributed by atoms with Crippen molar-refractivity contribution in [3.8, 4) is 0 Å². The predicted octanol–water partition coefficient (Wildman–Crippen LogP) is 0.304. The number of hydrogen-bond acceptors (Lipinski definition) is 2. The molecule has 0 radical (unpaired) electrons. The third-order valence-corrected chi connectivity index (χ3v) is 3.29. The summed E-state index contributed by atoms with van der Waals surface area (Å²) in [4.78, 5) is 25.0. The first-order valence-corrected chi connectivity index (χ1v) is 6.56. The van der Waals surface area contributed by atoms with Gasteiger partial charge in [-0.05, 0) is 18.6 Å². The molecule has 0 aliphatic carbocycles. The van der Waals surface area contributed by atoms with E-state index < -0.39 is 13.3 Å². The van der Waals surface area contributed by atoms with Gasteiger partial charge in [0.15, 0.2) is 0 Å². The van der Waals surface area contributed by atoms with Gasteiger partial charge in [0.1, 0.15) is 0 Å². The summed E-state index contributed by atoms with van der Waals surface area (Å²) in [7, 11) is 0. The first kappa shape index (κ1) is 18.9. The quantitative estimate of drug-likeness (QED) is 0.429. The van der Waals surface area contributed by atoms with E-state index in [-0.39, 0.29) is 76.2 Å². The molecule has 0 bridgehead atoms. The number of benzene rings is 1. The summed E-state index contributed by atoms with van der Waals surface area (Å²) < 4.78 is 36.1. The summed E-state index contributed by atoms with van der Waals surface area (Å²) in [5, 5.41) is 0. The average Bonchev–Trinajstić information content (AvgIpc) is 2.62. The topological polar surface area (TPSA) is 37.4 Å². The second-order valence-electron chi connectivity index (χ2n) is 4.87. The molecule has 0 saturated heterocycles. The minimum atomic E-state index is -4.74. The van der Waals surface area contributed by atoms with E-state index in [0.717, 1.165) is 4.90 Å². The number of halogens is 3. The molecule has 2 amide bonds. The predicted molar refractivity (Wildman–Crippen MR) is 69.5 cm³/mol. The van der Waals surface area contributed by atoms with Gasteiger partial charge < -0.3 is 12.9 Å².